The third-order valence-electron chi connectivity index (χ3n) is 2.39. The molecule has 6 nitrogen and oxygen atoms in total. The van der Waals surface area contributed by atoms with Crippen molar-refractivity contribution in [2.75, 3.05) is 12.6 Å². The molecule has 1 heterocycles. The van der Waals surface area contributed by atoms with Crippen LogP contribution in [0.25, 0.3) is 11.3 Å². The summed E-state index contributed by atoms with van der Waals surface area (Å²) >= 11 is 0. The minimum absolute atomic E-state index is 0. The highest BCUT2D eigenvalue weighted by Crippen LogP contribution is 2.24. The van der Waals surface area contributed by atoms with Gasteiger partial charge in [-0.05, 0) is 12.1 Å². The Morgan fingerprint density at radius 3 is 2.65 bits per heavy atom. The molecule has 0 bridgehead atoms. The van der Waals surface area contributed by atoms with E-state index in [4.69, 9.17) is 14.1 Å². The Bertz CT molecular complexity index is 554. The Morgan fingerprint density at radius 2 is 2.05 bits per heavy atom. The Balaban J connectivity index is 0.00000200. The van der Waals surface area contributed by atoms with Crippen molar-refractivity contribution >= 4 is 24.1 Å². The van der Waals surface area contributed by atoms with Crippen molar-refractivity contribution < 1.29 is 18.9 Å². The van der Waals surface area contributed by atoms with E-state index in [1.807, 2.05) is 24.3 Å². The van der Waals surface area contributed by atoms with Gasteiger partial charge in [0.15, 0.2) is 0 Å². The van der Waals surface area contributed by atoms with E-state index in [1.165, 1.54) is 0 Å². The molecule has 0 saturated carbocycles. The van der Waals surface area contributed by atoms with Crippen LogP contribution in [0.5, 0.6) is 5.95 Å². The van der Waals surface area contributed by atoms with Crippen molar-refractivity contribution in [1.82, 2.24) is 5.16 Å². The highest BCUT2D eigenvalue weighted by Gasteiger charge is 2.10. The number of rotatable bonds is 5. The molecule has 1 N–H and O–H groups in total. The number of aromatic nitrogens is 1. The SMILES string of the molecule is CCC(=O)Oc1cc(-c2ccc(NOC)cc2)no1.Cl. The number of anilines is 1. The molecule has 7 heteroatoms. The quantitative estimate of drug-likeness (QED) is 0.675. The zero-order chi connectivity index (χ0) is 13.7. The number of benzene rings is 1. The minimum Gasteiger partial charge on any atom is -0.391 e. The maximum Gasteiger partial charge on any atom is 0.319 e. The largest absolute Gasteiger partial charge is 0.391 e. The predicted octanol–water partition coefficient (Wildman–Crippen LogP) is 3.05. The summed E-state index contributed by atoms with van der Waals surface area (Å²) in [5.74, 6) is -0.261. The zero-order valence-corrected chi connectivity index (χ0v) is 11.9. The van der Waals surface area contributed by atoms with Gasteiger partial charge in [0.05, 0.1) is 18.9 Å². The number of hydrogen-bond donors (Lipinski definition) is 1. The smallest absolute Gasteiger partial charge is 0.319 e. The first-order valence-corrected chi connectivity index (χ1v) is 5.79. The van der Waals surface area contributed by atoms with Crippen LogP contribution in [0.4, 0.5) is 5.69 Å². The fourth-order valence-corrected chi connectivity index (χ4v) is 1.45. The maximum absolute atomic E-state index is 11.1. The summed E-state index contributed by atoms with van der Waals surface area (Å²) in [4.78, 5) is 15.9. The van der Waals surface area contributed by atoms with Crippen molar-refractivity contribution in [3.05, 3.63) is 30.3 Å². The molecule has 2 rings (SSSR count). The van der Waals surface area contributed by atoms with E-state index < -0.39 is 0 Å². The van der Waals surface area contributed by atoms with Crippen LogP contribution in [0, 0.1) is 0 Å². The number of nitrogens with one attached hydrogen (secondary N) is 1. The van der Waals surface area contributed by atoms with Crippen LogP contribution in [0.15, 0.2) is 34.9 Å². The lowest BCUT2D eigenvalue weighted by molar-refractivity contribution is -0.135. The molecule has 0 atom stereocenters. The van der Waals surface area contributed by atoms with Crippen LogP contribution in [-0.4, -0.2) is 18.2 Å². The summed E-state index contributed by atoms with van der Waals surface area (Å²) in [7, 11) is 1.54. The maximum atomic E-state index is 11.1. The fraction of sp³-hybridized carbons (Fsp3) is 0.231. The molecule has 0 spiro atoms. The number of halogens is 1. The topological polar surface area (TPSA) is 73.6 Å². The van der Waals surface area contributed by atoms with Crippen LogP contribution >= 0.6 is 12.4 Å². The van der Waals surface area contributed by atoms with Crippen LogP contribution < -0.4 is 10.2 Å². The van der Waals surface area contributed by atoms with Crippen molar-refractivity contribution in [1.29, 1.82) is 0 Å². The van der Waals surface area contributed by atoms with E-state index in [0.29, 0.717) is 5.69 Å². The molecule has 2 aromatic rings. The summed E-state index contributed by atoms with van der Waals surface area (Å²) < 4.78 is 9.86. The second-order valence-electron chi connectivity index (χ2n) is 3.74. The van der Waals surface area contributed by atoms with Crippen LogP contribution in [0.2, 0.25) is 0 Å². The molecule has 1 aromatic carbocycles. The third kappa shape index (κ3) is 3.97. The first-order valence-electron chi connectivity index (χ1n) is 5.79. The lowest BCUT2D eigenvalue weighted by Gasteiger charge is -2.02. The summed E-state index contributed by atoms with van der Waals surface area (Å²) in [6.45, 7) is 1.71. The van der Waals surface area contributed by atoms with Gasteiger partial charge in [0.25, 0.3) is 0 Å². The number of ether oxygens (including phenoxy) is 1. The molecule has 0 saturated heterocycles. The molecule has 0 amide bonds. The standard InChI is InChI=1S/C13H14N2O4.ClH/c1-3-12(16)18-13-8-11(15-19-13)9-4-6-10(7-5-9)14-17-2;/h4-8,14H,3H2,1-2H3;1H. The summed E-state index contributed by atoms with van der Waals surface area (Å²) in [5, 5.41) is 3.85. The molecule has 1 aromatic heterocycles. The Hall–Kier alpha value is -2.05. The Kier molecular flexibility index (Phi) is 6.02. The third-order valence-corrected chi connectivity index (χ3v) is 2.39. The van der Waals surface area contributed by atoms with Crippen molar-refractivity contribution in [2.45, 2.75) is 13.3 Å². The molecule has 20 heavy (non-hydrogen) atoms. The van der Waals surface area contributed by atoms with E-state index in [1.54, 1.807) is 20.1 Å². The van der Waals surface area contributed by atoms with Crippen molar-refractivity contribution in [3.8, 4) is 17.2 Å². The number of carbonyl (C=O) groups is 1. The van der Waals surface area contributed by atoms with Gasteiger partial charge in [-0.25, -0.2) is 0 Å². The van der Waals surface area contributed by atoms with Gasteiger partial charge in [-0.1, -0.05) is 24.2 Å². The summed E-state index contributed by atoms with van der Waals surface area (Å²) in [6.07, 6.45) is 0.285. The highest BCUT2D eigenvalue weighted by atomic mass is 35.5. The summed E-state index contributed by atoms with van der Waals surface area (Å²) in [6, 6.07) is 8.96. The van der Waals surface area contributed by atoms with Gasteiger partial charge >= 0.3 is 11.9 Å². The van der Waals surface area contributed by atoms with Gasteiger partial charge in [0.2, 0.25) is 0 Å². The number of nitrogens with zero attached hydrogens (tertiary/aromatic N) is 1. The molecule has 0 aliphatic heterocycles. The lowest BCUT2D eigenvalue weighted by atomic mass is 10.1. The molecule has 108 valence electrons. The average molecular weight is 299 g/mol. The molecule has 0 unspecified atom stereocenters. The van der Waals surface area contributed by atoms with Gasteiger partial charge in [-0.2, -0.15) is 0 Å². The monoisotopic (exact) mass is 298 g/mol. The number of carbonyl (C=O) groups excluding carboxylic acids is 1. The van der Waals surface area contributed by atoms with Crippen LogP contribution in [0.1, 0.15) is 13.3 Å². The van der Waals surface area contributed by atoms with E-state index in [0.717, 1.165) is 11.3 Å². The van der Waals surface area contributed by atoms with E-state index >= 15 is 0 Å². The van der Waals surface area contributed by atoms with Gasteiger partial charge < -0.3 is 9.26 Å². The number of hydrogen-bond acceptors (Lipinski definition) is 6. The lowest BCUT2D eigenvalue weighted by Crippen LogP contribution is -2.04. The summed E-state index contributed by atoms with van der Waals surface area (Å²) in [5.41, 5.74) is 4.99. The van der Waals surface area contributed by atoms with Gasteiger partial charge in [0.1, 0.15) is 5.69 Å². The fourth-order valence-electron chi connectivity index (χ4n) is 1.45. The van der Waals surface area contributed by atoms with Crippen molar-refractivity contribution in [2.24, 2.45) is 0 Å². The van der Waals surface area contributed by atoms with E-state index in [-0.39, 0.29) is 30.7 Å². The molecule has 0 aliphatic carbocycles. The van der Waals surface area contributed by atoms with Gasteiger partial charge in [-0.3, -0.25) is 15.1 Å². The second kappa shape index (κ2) is 7.52. The Labute approximate surface area is 122 Å². The van der Waals surface area contributed by atoms with Gasteiger partial charge in [0, 0.05) is 12.0 Å². The van der Waals surface area contributed by atoms with Crippen LogP contribution in [-0.2, 0) is 9.63 Å². The minimum atomic E-state index is -0.359. The van der Waals surface area contributed by atoms with E-state index in [9.17, 15) is 4.79 Å². The first-order chi connectivity index (χ1) is 9.22. The Morgan fingerprint density at radius 1 is 1.35 bits per heavy atom. The normalized spacial score (nSPS) is 9.70. The first kappa shape index (κ1) is 16.0. The van der Waals surface area contributed by atoms with Crippen LogP contribution in [0.3, 0.4) is 0 Å². The average Bonchev–Trinajstić information content (AvgIpc) is 2.88. The van der Waals surface area contributed by atoms with Gasteiger partial charge in [-0.15, -0.1) is 12.4 Å². The predicted molar refractivity (Wildman–Crippen MR) is 75.7 cm³/mol. The van der Waals surface area contributed by atoms with Crippen molar-refractivity contribution in [3.63, 3.8) is 0 Å². The molecule has 0 aliphatic rings. The molecular weight excluding hydrogens is 284 g/mol. The molecule has 0 radical (unpaired) electrons. The highest BCUT2D eigenvalue weighted by molar-refractivity contribution is 5.85. The molecular formula is C13H15ClN2O4. The second-order valence-corrected chi connectivity index (χ2v) is 3.74. The molecule has 0 fully saturated rings. The number of esters is 1. The zero-order valence-electron chi connectivity index (χ0n) is 11.1. The van der Waals surface area contributed by atoms with E-state index in [2.05, 4.69) is 10.6 Å².